The molecule has 0 spiro atoms. The lowest BCUT2D eigenvalue weighted by molar-refractivity contribution is -0.118. The fourth-order valence-electron chi connectivity index (χ4n) is 3.02. The van der Waals surface area contributed by atoms with Gasteiger partial charge in [0, 0.05) is 12.1 Å². The third-order valence-corrected chi connectivity index (χ3v) is 5.59. The van der Waals surface area contributed by atoms with Gasteiger partial charge in [-0.25, -0.2) is 0 Å². The number of benzene rings is 2. The number of hydrogen-bond acceptors (Lipinski definition) is 6. The number of nitrogens with zero attached hydrogens (tertiary/aromatic N) is 3. The van der Waals surface area contributed by atoms with E-state index < -0.39 is 0 Å². The lowest BCUT2D eigenvalue weighted by Gasteiger charge is -2.09. The van der Waals surface area contributed by atoms with Gasteiger partial charge in [-0.1, -0.05) is 54.2 Å². The van der Waals surface area contributed by atoms with Gasteiger partial charge in [0.2, 0.25) is 5.91 Å². The maximum absolute atomic E-state index is 12.4. The minimum atomic E-state index is -0.0744. The first kappa shape index (κ1) is 20.7. The molecule has 158 valence electrons. The van der Waals surface area contributed by atoms with Crippen LogP contribution >= 0.6 is 11.8 Å². The lowest BCUT2D eigenvalue weighted by Crippen LogP contribution is -2.24. The van der Waals surface area contributed by atoms with Gasteiger partial charge in [0.1, 0.15) is 11.5 Å². The molecule has 0 saturated heterocycles. The quantitative estimate of drug-likeness (QED) is 0.401. The normalized spacial score (nSPS) is 10.7. The van der Waals surface area contributed by atoms with Crippen LogP contribution in [0.5, 0.6) is 5.75 Å². The topological polar surface area (TPSA) is 82.2 Å². The number of rotatable bonds is 9. The van der Waals surface area contributed by atoms with E-state index >= 15 is 0 Å². The van der Waals surface area contributed by atoms with Crippen molar-refractivity contribution in [3.05, 3.63) is 84.3 Å². The molecule has 0 radical (unpaired) electrons. The van der Waals surface area contributed by atoms with Crippen LogP contribution in [0.4, 0.5) is 0 Å². The Kier molecular flexibility index (Phi) is 6.68. The van der Waals surface area contributed by atoms with E-state index in [2.05, 4.69) is 15.5 Å². The van der Waals surface area contributed by atoms with Crippen molar-refractivity contribution < 1.29 is 13.9 Å². The van der Waals surface area contributed by atoms with Gasteiger partial charge in [0.25, 0.3) is 0 Å². The Morgan fingerprint density at radius 1 is 1.06 bits per heavy atom. The highest BCUT2D eigenvalue weighted by molar-refractivity contribution is 7.99. The lowest BCUT2D eigenvalue weighted by atomic mass is 10.2. The molecular formula is C23H22N4O3S. The van der Waals surface area contributed by atoms with E-state index in [1.54, 1.807) is 13.4 Å². The number of thioether (sulfide) groups is 1. The molecule has 2 heterocycles. The summed E-state index contributed by atoms with van der Waals surface area (Å²) in [6, 6.07) is 21.2. The average molecular weight is 435 g/mol. The number of hydrogen-bond donors (Lipinski definition) is 1. The van der Waals surface area contributed by atoms with Crippen molar-refractivity contribution in [2.24, 2.45) is 0 Å². The molecule has 7 nitrogen and oxygen atoms in total. The molecule has 4 rings (SSSR count). The number of carbonyl (C=O) groups excluding carboxylic acids is 1. The molecule has 0 saturated carbocycles. The van der Waals surface area contributed by atoms with Gasteiger partial charge in [-0.05, 0) is 29.8 Å². The zero-order valence-electron chi connectivity index (χ0n) is 17.0. The third-order valence-electron chi connectivity index (χ3n) is 4.62. The SMILES string of the molecule is COc1ccc(CNC(=O)CSc2nnc(-c3ccccc3)n2Cc2ccco2)cc1. The van der Waals surface area contributed by atoms with E-state index in [1.165, 1.54) is 11.8 Å². The molecule has 0 atom stereocenters. The zero-order chi connectivity index (χ0) is 21.5. The molecule has 1 amide bonds. The summed E-state index contributed by atoms with van der Waals surface area (Å²) >= 11 is 1.35. The molecule has 1 N–H and O–H groups in total. The van der Waals surface area contributed by atoms with Crippen molar-refractivity contribution in [1.29, 1.82) is 0 Å². The second-order valence-electron chi connectivity index (χ2n) is 6.75. The molecule has 31 heavy (non-hydrogen) atoms. The number of carbonyl (C=O) groups is 1. The van der Waals surface area contributed by atoms with Crippen molar-refractivity contribution >= 4 is 17.7 Å². The van der Waals surface area contributed by atoms with Crippen molar-refractivity contribution in [2.45, 2.75) is 18.2 Å². The standard InChI is InChI=1S/C23H22N4O3S/c1-29-19-11-9-17(10-12-19)14-24-21(28)16-31-23-26-25-22(18-6-3-2-4-7-18)27(23)15-20-8-5-13-30-20/h2-13H,14-16H2,1H3,(H,24,28). The Hall–Kier alpha value is -3.52. The molecule has 0 aliphatic heterocycles. The van der Waals surface area contributed by atoms with Crippen molar-refractivity contribution in [3.8, 4) is 17.1 Å². The van der Waals surface area contributed by atoms with Crippen LogP contribution in [0.3, 0.4) is 0 Å². The largest absolute Gasteiger partial charge is 0.497 e. The van der Waals surface area contributed by atoms with Crippen LogP contribution in [0.1, 0.15) is 11.3 Å². The Balaban J connectivity index is 1.42. The van der Waals surface area contributed by atoms with E-state index in [9.17, 15) is 4.79 Å². The first-order chi connectivity index (χ1) is 15.2. The maximum atomic E-state index is 12.4. The zero-order valence-corrected chi connectivity index (χ0v) is 17.8. The van der Waals surface area contributed by atoms with Gasteiger partial charge in [-0.3, -0.25) is 9.36 Å². The fraction of sp³-hybridized carbons (Fsp3) is 0.174. The van der Waals surface area contributed by atoms with Crippen molar-refractivity contribution in [1.82, 2.24) is 20.1 Å². The fourth-order valence-corrected chi connectivity index (χ4v) is 3.79. The minimum absolute atomic E-state index is 0.0744. The second kappa shape index (κ2) is 9.99. The van der Waals surface area contributed by atoms with Crippen LogP contribution in [-0.2, 0) is 17.9 Å². The number of ether oxygens (including phenoxy) is 1. The van der Waals surface area contributed by atoms with Crippen LogP contribution in [0, 0.1) is 0 Å². The Morgan fingerprint density at radius 2 is 1.87 bits per heavy atom. The second-order valence-corrected chi connectivity index (χ2v) is 7.69. The predicted octanol–water partition coefficient (Wildman–Crippen LogP) is 4.00. The van der Waals surface area contributed by atoms with Gasteiger partial charge in [0.15, 0.2) is 11.0 Å². The van der Waals surface area contributed by atoms with Gasteiger partial charge in [-0.2, -0.15) is 0 Å². The van der Waals surface area contributed by atoms with E-state index in [1.807, 2.05) is 71.3 Å². The van der Waals surface area contributed by atoms with Gasteiger partial charge in [0.05, 0.1) is 25.7 Å². The number of aromatic nitrogens is 3. The highest BCUT2D eigenvalue weighted by atomic mass is 32.2. The number of furan rings is 1. The molecular weight excluding hydrogens is 412 g/mol. The van der Waals surface area contributed by atoms with E-state index in [4.69, 9.17) is 9.15 Å². The molecule has 0 unspecified atom stereocenters. The molecule has 0 aliphatic rings. The van der Waals surface area contributed by atoms with Gasteiger partial charge >= 0.3 is 0 Å². The molecule has 2 aromatic carbocycles. The Morgan fingerprint density at radius 3 is 2.58 bits per heavy atom. The molecule has 4 aromatic rings. The summed E-state index contributed by atoms with van der Waals surface area (Å²) in [6.45, 7) is 0.942. The smallest absolute Gasteiger partial charge is 0.230 e. The molecule has 0 fully saturated rings. The molecule has 0 aliphatic carbocycles. The van der Waals surface area contributed by atoms with Crippen LogP contribution in [0.2, 0.25) is 0 Å². The summed E-state index contributed by atoms with van der Waals surface area (Å²) < 4.78 is 12.6. The van der Waals surface area contributed by atoms with Crippen molar-refractivity contribution in [2.75, 3.05) is 12.9 Å². The van der Waals surface area contributed by atoms with Gasteiger partial charge < -0.3 is 14.5 Å². The monoisotopic (exact) mass is 434 g/mol. The number of amides is 1. The number of methoxy groups -OCH3 is 1. The molecule has 8 heteroatoms. The predicted molar refractivity (Wildman–Crippen MR) is 119 cm³/mol. The number of nitrogens with one attached hydrogen (secondary N) is 1. The van der Waals surface area contributed by atoms with Crippen molar-refractivity contribution in [3.63, 3.8) is 0 Å². The Bertz CT molecular complexity index is 1110. The average Bonchev–Trinajstić information content (AvgIpc) is 3.47. The molecule has 2 aromatic heterocycles. The molecule has 0 bridgehead atoms. The van der Waals surface area contributed by atoms with Crippen LogP contribution in [0.25, 0.3) is 11.4 Å². The summed E-state index contributed by atoms with van der Waals surface area (Å²) in [5.41, 5.74) is 1.96. The first-order valence-electron chi connectivity index (χ1n) is 9.76. The van der Waals surface area contributed by atoms with E-state index in [-0.39, 0.29) is 11.7 Å². The van der Waals surface area contributed by atoms with Crippen LogP contribution in [-0.4, -0.2) is 33.5 Å². The summed E-state index contributed by atoms with van der Waals surface area (Å²) in [4.78, 5) is 12.4. The Labute approximate surface area is 184 Å². The van der Waals surface area contributed by atoms with E-state index in [0.29, 0.717) is 18.2 Å². The van der Waals surface area contributed by atoms with Crippen LogP contribution < -0.4 is 10.1 Å². The maximum Gasteiger partial charge on any atom is 0.230 e. The highest BCUT2D eigenvalue weighted by Crippen LogP contribution is 2.25. The summed E-state index contributed by atoms with van der Waals surface area (Å²) in [5, 5.41) is 12.3. The summed E-state index contributed by atoms with van der Waals surface area (Å²) in [6.07, 6.45) is 1.64. The third kappa shape index (κ3) is 5.35. The van der Waals surface area contributed by atoms with Gasteiger partial charge in [-0.15, -0.1) is 10.2 Å². The van der Waals surface area contributed by atoms with E-state index in [0.717, 1.165) is 28.5 Å². The first-order valence-corrected chi connectivity index (χ1v) is 10.7. The highest BCUT2D eigenvalue weighted by Gasteiger charge is 2.17. The summed E-state index contributed by atoms with van der Waals surface area (Å²) in [5.74, 6) is 2.48. The summed E-state index contributed by atoms with van der Waals surface area (Å²) in [7, 11) is 1.63. The van der Waals surface area contributed by atoms with Crippen LogP contribution in [0.15, 0.2) is 82.6 Å². The minimum Gasteiger partial charge on any atom is -0.497 e.